The SMILES string of the molecule is C[C@@H]1Cc2ccccc2N1C(=O)COc1ccc(NC(=O)c2ccccc2)cc1. The summed E-state index contributed by atoms with van der Waals surface area (Å²) >= 11 is 0. The minimum Gasteiger partial charge on any atom is -0.484 e. The molecule has 5 nitrogen and oxygen atoms in total. The van der Waals surface area contributed by atoms with Crippen LogP contribution in [0, 0.1) is 0 Å². The number of para-hydroxylation sites is 1. The molecule has 0 unspecified atom stereocenters. The molecule has 29 heavy (non-hydrogen) atoms. The lowest BCUT2D eigenvalue weighted by atomic mass is 10.1. The fourth-order valence-corrected chi connectivity index (χ4v) is 3.59. The van der Waals surface area contributed by atoms with Crippen LogP contribution < -0.4 is 15.0 Å². The average molecular weight is 386 g/mol. The van der Waals surface area contributed by atoms with Gasteiger partial charge in [0.05, 0.1) is 0 Å². The predicted octanol–water partition coefficient (Wildman–Crippen LogP) is 4.30. The Morgan fingerprint density at radius 1 is 0.966 bits per heavy atom. The van der Waals surface area contributed by atoms with Gasteiger partial charge in [-0.25, -0.2) is 0 Å². The smallest absolute Gasteiger partial charge is 0.265 e. The highest BCUT2D eigenvalue weighted by atomic mass is 16.5. The van der Waals surface area contributed by atoms with Crippen LogP contribution in [0.5, 0.6) is 5.75 Å². The van der Waals surface area contributed by atoms with Gasteiger partial charge in [0.2, 0.25) is 0 Å². The van der Waals surface area contributed by atoms with E-state index in [4.69, 9.17) is 4.74 Å². The first-order valence-corrected chi connectivity index (χ1v) is 9.61. The number of carbonyl (C=O) groups is 2. The fourth-order valence-electron chi connectivity index (χ4n) is 3.59. The molecule has 0 spiro atoms. The minimum atomic E-state index is -0.170. The molecule has 146 valence electrons. The molecule has 0 saturated heterocycles. The average Bonchev–Trinajstić information content (AvgIpc) is 3.09. The number of ether oxygens (including phenoxy) is 1. The first kappa shape index (κ1) is 18.7. The number of nitrogens with zero attached hydrogens (tertiary/aromatic N) is 1. The summed E-state index contributed by atoms with van der Waals surface area (Å²) in [5.74, 6) is 0.344. The third-order valence-electron chi connectivity index (χ3n) is 4.99. The Labute approximate surface area is 169 Å². The molecular formula is C24H22N2O3. The summed E-state index contributed by atoms with van der Waals surface area (Å²) in [5.41, 5.74) is 3.41. The Bertz CT molecular complexity index is 1020. The Hall–Kier alpha value is -3.60. The molecule has 1 atom stereocenters. The fraction of sp³-hybridized carbons (Fsp3) is 0.167. The molecular weight excluding hydrogens is 364 g/mol. The van der Waals surface area contributed by atoms with Gasteiger partial charge in [-0.2, -0.15) is 0 Å². The van der Waals surface area contributed by atoms with Crippen LogP contribution in [0.2, 0.25) is 0 Å². The zero-order valence-electron chi connectivity index (χ0n) is 16.2. The van der Waals surface area contributed by atoms with Gasteiger partial charge in [0.15, 0.2) is 6.61 Å². The Morgan fingerprint density at radius 2 is 1.66 bits per heavy atom. The normalized spacial score (nSPS) is 14.9. The van der Waals surface area contributed by atoms with Crippen molar-refractivity contribution in [3.8, 4) is 5.75 Å². The van der Waals surface area contributed by atoms with Crippen LogP contribution in [-0.4, -0.2) is 24.5 Å². The van der Waals surface area contributed by atoms with Crippen LogP contribution in [-0.2, 0) is 11.2 Å². The topological polar surface area (TPSA) is 58.6 Å². The van der Waals surface area contributed by atoms with E-state index in [9.17, 15) is 9.59 Å². The molecule has 0 bridgehead atoms. The number of hydrogen-bond donors (Lipinski definition) is 1. The van der Waals surface area contributed by atoms with Crippen LogP contribution in [0.4, 0.5) is 11.4 Å². The number of fused-ring (bicyclic) bond motifs is 1. The molecule has 3 aromatic rings. The van der Waals surface area contributed by atoms with Crippen molar-refractivity contribution >= 4 is 23.2 Å². The largest absolute Gasteiger partial charge is 0.484 e. The molecule has 0 radical (unpaired) electrons. The predicted molar refractivity (Wildman–Crippen MR) is 113 cm³/mol. The molecule has 0 aliphatic carbocycles. The summed E-state index contributed by atoms with van der Waals surface area (Å²) < 4.78 is 5.68. The second-order valence-electron chi connectivity index (χ2n) is 7.08. The number of anilines is 2. The highest BCUT2D eigenvalue weighted by molar-refractivity contribution is 6.04. The van der Waals surface area contributed by atoms with E-state index in [0.717, 1.165) is 12.1 Å². The highest BCUT2D eigenvalue weighted by Crippen LogP contribution is 2.31. The van der Waals surface area contributed by atoms with Gasteiger partial charge in [0.25, 0.3) is 11.8 Å². The molecule has 1 heterocycles. The van der Waals surface area contributed by atoms with Gasteiger partial charge in [-0.05, 0) is 61.4 Å². The van der Waals surface area contributed by atoms with Crippen molar-refractivity contribution in [2.24, 2.45) is 0 Å². The van der Waals surface area contributed by atoms with Crippen molar-refractivity contribution in [1.82, 2.24) is 0 Å². The molecule has 5 heteroatoms. The van der Waals surface area contributed by atoms with E-state index >= 15 is 0 Å². The molecule has 0 aromatic heterocycles. The standard InChI is InChI=1S/C24H22N2O3/c1-17-15-19-9-5-6-10-22(19)26(17)23(27)16-29-21-13-11-20(12-14-21)25-24(28)18-7-3-2-4-8-18/h2-14,17H,15-16H2,1H3,(H,25,28)/t17-/m1/s1. The van der Waals surface area contributed by atoms with Crippen molar-refractivity contribution in [2.75, 3.05) is 16.8 Å². The van der Waals surface area contributed by atoms with Gasteiger partial charge in [-0.15, -0.1) is 0 Å². The van der Waals surface area contributed by atoms with E-state index in [1.807, 2.05) is 48.2 Å². The molecule has 0 fully saturated rings. The number of rotatable bonds is 5. The third kappa shape index (κ3) is 4.14. The van der Waals surface area contributed by atoms with Crippen molar-refractivity contribution in [1.29, 1.82) is 0 Å². The van der Waals surface area contributed by atoms with E-state index in [2.05, 4.69) is 11.4 Å². The zero-order chi connectivity index (χ0) is 20.2. The van der Waals surface area contributed by atoms with E-state index < -0.39 is 0 Å². The lowest BCUT2D eigenvalue weighted by molar-refractivity contribution is -0.120. The summed E-state index contributed by atoms with van der Waals surface area (Å²) in [7, 11) is 0. The Balaban J connectivity index is 1.35. The number of amides is 2. The lowest BCUT2D eigenvalue weighted by Gasteiger charge is -2.22. The van der Waals surface area contributed by atoms with E-state index in [0.29, 0.717) is 17.0 Å². The van der Waals surface area contributed by atoms with E-state index in [-0.39, 0.29) is 24.5 Å². The van der Waals surface area contributed by atoms with Crippen LogP contribution >= 0.6 is 0 Å². The second kappa shape index (κ2) is 8.19. The van der Waals surface area contributed by atoms with Gasteiger partial charge >= 0.3 is 0 Å². The van der Waals surface area contributed by atoms with Gasteiger partial charge in [-0.1, -0.05) is 36.4 Å². The summed E-state index contributed by atoms with van der Waals surface area (Å²) in [5, 5.41) is 2.84. The van der Waals surface area contributed by atoms with E-state index in [1.165, 1.54) is 5.56 Å². The van der Waals surface area contributed by atoms with Crippen molar-refractivity contribution < 1.29 is 14.3 Å². The third-order valence-corrected chi connectivity index (χ3v) is 4.99. The van der Waals surface area contributed by atoms with Crippen LogP contribution in [0.25, 0.3) is 0 Å². The van der Waals surface area contributed by atoms with E-state index in [1.54, 1.807) is 36.4 Å². The summed E-state index contributed by atoms with van der Waals surface area (Å²) in [4.78, 5) is 26.7. The zero-order valence-corrected chi connectivity index (χ0v) is 16.2. The first-order valence-electron chi connectivity index (χ1n) is 9.61. The second-order valence-corrected chi connectivity index (χ2v) is 7.08. The van der Waals surface area contributed by atoms with Gasteiger partial charge in [0, 0.05) is 23.0 Å². The van der Waals surface area contributed by atoms with Gasteiger partial charge in [-0.3, -0.25) is 9.59 Å². The maximum Gasteiger partial charge on any atom is 0.265 e. The first-order chi connectivity index (χ1) is 14.1. The number of nitrogens with one attached hydrogen (secondary N) is 1. The number of benzene rings is 3. The summed E-state index contributed by atoms with van der Waals surface area (Å²) in [6, 6.07) is 24.1. The van der Waals surface area contributed by atoms with Crippen LogP contribution in [0.1, 0.15) is 22.8 Å². The van der Waals surface area contributed by atoms with Crippen molar-refractivity contribution in [2.45, 2.75) is 19.4 Å². The Kier molecular flexibility index (Phi) is 5.29. The minimum absolute atomic E-state index is 0.0333. The quantitative estimate of drug-likeness (QED) is 0.711. The summed E-state index contributed by atoms with van der Waals surface area (Å²) in [6.45, 7) is 2.01. The maximum atomic E-state index is 12.7. The Morgan fingerprint density at radius 3 is 2.41 bits per heavy atom. The summed E-state index contributed by atoms with van der Waals surface area (Å²) in [6.07, 6.45) is 0.859. The van der Waals surface area contributed by atoms with Crippen LogP contribution in [0.15, 0.2) is 78.9 Å². The lowest BCUT2D eigenvalue weighted by Crippen LogP contribution is -2.39. The van der Waals surface area contributed by atoms with Crippen molar-refractivity contribution in [3.05, 3.63) is 90.0 Å². The molecule has 1 N–H and O–H groups in total. The molecule has 1 aliphatic rings. The molecule has 2 amide bonds. The number of carbonyl (C=O) groups excluding carboxylic acids is 2. The molecule has 0 saturated carbocycles. The number of hydrogen-bond acceptors (Lipinski definition) is 3. The maximum absolute atomic E-state index is 12.7. The monoisotopic (exact) mass is 386 g/mol. The van der Waals surface area contributed by atoms with Crippen LogP contribution in [0.3, 0.4) is 0 Å². The molecule has 4 rings (SSSR count). The van der Waals surface area contributed by atoms with Gasteiger partial charge in [0.1, 0.15) is 5.75 Å². The highest BCUT2D eigenvalue weighted by Gasteiger charge is 2.30. The molecule has 3 aromatic carbocycles. The van der Waals surface area contributed by atoms with Crippen molar-refractivity contribution in [3.63, 3.8) is 0 Å². The van der Waals surface area contributed by atoms with Gasteiger partial charge < -0.3 is 15.0 Å². The molecule has 1 aliphatic heterocycles.